The van der Waals surface area contributed by atoms with Crippen molar-refractivity contribution in [2.75, 3.05) is 6.61 Å². The number of aromatic hydroxyl groups is 4. The fourth-order valence-corrected chi connectivity index (χ4v) is 4.96. The van der Waals surface area contributed by atoms with E-state index in [-0.39, 0.29) is 24.3 Å². The fourth-order valence-electron chi connectivity index (χ4n) is 4.96. The summed E-state index contributed by atoms with van der Waals surface area (Å²) in [4.78, 5) is 12.3. The number of carbonyl (C=O) groups excluding carboxylic acids is 1. The molecule has 2 aliphatic rings. The lowest BCUT2D eigenvalue weighted by molar-refractivity contribution is -0.378. The quantitative estimate of drug-likeness (QED) is 0.0885. The minimum atomic E-state index is -2.40. The van der Waals surface area contributed by atoms with Gasteiger partial charge in [0.05, 0.1) is 6.10 Å². The number of aliphatic hydroxyl groups excluding tert-OH is 5. The molecule has 15 heteroatoms. The summed E-state index contributed by atoms with van der Waals surface area (Å²) in [6, 6.07) is 7.73. The van der Waals surface area contributed by atoms with E-state index in [4.69, 9.17) is 18.9 Å². The number of phenols is 4. The number of aryl methyl sites for hydroxylation is 1. The van der Waals surface area contributed by atoms with Crippen LogP contribution in [0.25, 0.3) is 6.08 Å². The van der Waals surface area contributed by atoms with Crippen molar-refractivity contribution in [3.05, 3.63) is 53.6 Å². The Kier molecular flexibility index (Phi) is 10.3. The number of carbonyl (C=O) groups is 1. The molecule has 15 nitrogen and oxygen atoms in total. The number of ether oxygens (including phenoxy) is 4. The Hall–Kier alpha value is -3.51. The first-order valence-electron chi connectivity index (χ1n) is 13.7. The van der Waals surface area contributed by atoms with Gasteiger partial charge in [-0.05, 0) is 61.2 Å². The van der Waals surface area contributed by atoms with E-state index in [2.05, 4.69) is 0 Å². The van der Waals surface area contributed by atoms with Crippen LogP contribution in [0.2, 0.25) is 0 Å². The zero-order chi connectivity index (χ0) is 32.3. The molecule has 10 atom stereocenters. The Bertz CT molecular complexity index is 1330. The van der Waals surface area contributed by atoms with Crippen LogP contribution >= 0.6 is 0 Å². The molecule has 10 N–H and O–H groups in total. The van der Waals surface area contributed by atoms with Crippen molar-refractivity contribution in [1.82, 2.24) is 0 Å². The predicted molar refractivity (Wildman–Crippen MR) is 147 cm³/mol. The summed E-state index contributed by atoms with van der Waals surface area (Å²) in [7, 11) is 0. The number of rotatable bonds is 9. The fraction of sp³-hybridized carbons (Fsp3) is 0.483. The lowest BCUT2D eigenvalue weighted by atomic mass is 9.81. The molecule has 2 aliphatic heterocycles. The van der Waals surface area contributed by atoms with Gasteiger partial charge in [-0.1, -0.05) is 12.1 Å². The van der Waals surface area contributed by atoms with Crippen LogP contribution in [0.3, 0.4) is 0 Å². The van der Waals surface area contributed by atoms with Crippen molar-refractivity contribution in [2.24, 2.45) is 0 Å². The van der Waals surface area contributed by atoms with Crippen LogP contribution < -0.4 is 0 Å². The first-order chi connectivity index (χ1) is 20.7. The van der Waals surface area contributed by atoms with Crippen molar-refractivity contribution in [3.63, 3.8) is 0 Å². The van der Waals surface area contributed by atoms with E-state index in [1.54, 1.807) is 0 Å². The molecule has 2 fully saturated rings. The second kappa shape index (κ2) is 13.6. The third-order valence-corrected chi connectivity index (χ3v) is 7.66. The van der Waals surface area contributed by atoms with Gasteiger partial charge in [0.25, 0.3) is 0 Å². The van der Waals surface area contributed by atoms with Crippen molar-refractivity contribution in [1.29, 1.82) is 0 Å². The first kappa shape index (κ1) is 33.4. The summed E-state index contributed by atoms with van der Waals surface area (Å²) in [5, 5.41) is 103. The van der Waals surface area contributed by atoms with Crippen LogP contribution in [0.1, 0.15) is 24.5 Å². The zero-order valence-electron chi connectivity index (χ0n) is 23.4. The highest BCUT2D eigenvalue weighted by atomic mass is 16.7. The third kappa shape index (κ3) is 7.23. The van der Waals surface area contributed by atoms with Crippen LogP contribution in [-0.4, -0.2) is 125 Å². The van der Waals surface area contributed by atoms with Gasteiger partial charge in [-0.15, -0.1) is 0 Å². The van der Waals surface area contributed by atoms with Gasteiger partial charge in [0, 0.05) is 6.08 Å². The monoisotopic (exact) mass is 624 g/mol. The SMILES string of the molecule is C[C@@H]1O[C@@H](O[C@H]2[C@H](O)[C@@H](COC(=O)/C=C/c3ccc(O)c(O)c3)O[C@@H](O)[C@@]2(O)CCc2ccc(O)c(O)c2)[C@H](O)[C@H](O)[C@H]1O. The van der Waals surface area contributed by atoms with E-state index in [1.807, 2.05) is 0 Å². The number of benzene rings is 2. The van der Waals surface area contributed by atoms with E-state index in [9.17, 15) is 55.9 Å². The minimum Gasteiger partial charge on any atom is -0.504 e. The topological polar surface area (TPSA) is 256 Å². The van der Waals surface area contributed by atoms with Crippen molar-refractivity contribution in [3.8, 4) is 23.0 Å². The molecular weight excluding hydrogens is 588 g/mol. The smallest absolute Gasteiger partial charge is 0.330 e. The molecular formula is C29H36O15. The summed E-state index contributed by atoms with van der Waals surface area (Å²) >= 11 is 0. The number of esters is 1. The van der Waals surface area contributed by atoms with Crippen LogP contribution in [-0.2, 0) is 30.2 Å². The molecule has 44 heavy (non-hydrogen) atoms. The average Bonchev–Trinajstić information content (AvgIpc) is 2.99. The number of aliphatic hydroxyl groups is 6. The molecule has 0 radical (unpaired) electrons. The maximum absolute atomic E-state index is 12.3. The van der Waals surface area contributed by atoms with Crippen molar-refractivity contribution >= 4 is 12.0 Å². The highest BCUT2D eigenvalue weighted by molar-refractivity contribution is 5.87. The van der Waals surface area contributed by atoms with Crippen LogP contribution in [0.4, 0.5) is 0 Å². The van der Waals surface area contributed by atoms with Crippen LogP contribution in [0.15, 0.2) is 42.5 Å². The lowest BCUT2D eigenvalue weighted by Gasteiger charge is -2.50. The lowest BCUT2D eigenvalue weighted by Crippen LogP contribution is -2.69. The van der Waals surface area contributed by atoms with Gasteiger partial charge in [0.15, 0.2) is 35.6 Å². The van der Waals surface area contributed by atoms with Gasteiger partial charge in [0.2, 0.25) is 0 Å². The molecule has 0 aliphatic carbocycles. The molecule has 4 rings (SSSR count). The summed E-state index contributed by atoms with van der Waals surface area (Å²) in [6.07, 6.45) is -13.0. The molecule has 0 saturated carbocycles. The van der Waals surface area contributed by atoms with Gasteiger partial charge in [-0.2, -0.15) is 0 Å². The second-order valence-electron chi connectivity index (χ2n) is 10.8. The maximum atomic E-state index is 12.3. The highest BCUT2D eigenvalue weighted by Gasteiger charge is 2.57. The third-order valence-electron chi connectivity index (χ3n) is 7.66. The summed E-state index contributed by atoms with van der Waals surface area (Å²) in [5.41, 5.74) is -1.63. The van der Waals surface area contributed by atoms with Crippen molar-refractivity contribution in [2.45, 2.75) is 80.7 Å². The van der Waals surface area contributed by atoms with Gasteiger partial charge < -0.3 is 70.0 Å². The number of hydrogen-bond acceptors (Lipinski definition) is 15. The molecule has 0 unspecified atom stereocenters. The van der Waals surface area contributed by atoms with Gasteiger partial charge in [-0.25, -0.2) is 4.79 Å². The summed E-state index contributed by atoms with van der Waals surface area (Å²) in [5.74, 6) is -2.48. The molecule has 0 aromatic heterocycles. The molecule has 2 aromatic carbocycles. The van der Waals surface area contributed by atoms with E-state index in [0.717, 1.165) is 6.08 Å². The Labute approximate surface area is 251 Å². The Morgan fingerprint density at radius 3 is 2.18 bits per heavy atom. The van der Waals surface area contributed by atoms with Gasteiger partial charge >= 0.3 is 5.97 Å². The van der Waals surface area contributed by atoms with E-state index in [0.29, 0.717) is 11.1 Å². The van der Waals surface area contributed by atoms with Gasteiger partial charge in [-0.3, -0.25) is 0 Å². The minimum absolute atomic E-state index is 0.0412. The standard InChI is InChI=1S/C29H36O15/c1-13-22(35)24(37)25(38)27(42-13)44-26-23(36)20(12-41-21(34)7-4-14-2-5-16(30)18(32)10-14)43-28(39)29(26,40)9-8-15-3-6-17(31)19(33)11-15/h2-7,10-11,13,20,22-28,30-33,35-40H,8-9,12H2,1H3/b7-4+/t13-,20+,22-,23+,24+,25+,26-,27-,28+,29+/m0/s1. The van der Waals surface area contributed by atoms with E-state index >= 15 is 0 Å². The Morgan fingerprint density at radius 1 is 0.864 bits per heavy atom. The summed E-state index contributed by atoms with van der Waals surface area (Å²) in [6.45, 7) is 0.750. The zero-order valence-corrected chi connectivity index (χ0v) is 23.4. The molecule has 0 amide bonds. The normalized spacial score (nSPS) is 34.2. The van der Waals surface area contributed by atoms with E-state index < -0.39 is 85.0 Å². The summed E-state index contributed by atoms with van der Waals surface area (Å²) < 4.78 is 21.8. The Morgan fingerprint density at radius 2 is 1.52 bits per heavy atom. The second-order valence-corrected chi connectivity index (χ2v) is 10.8. The molecule has 0 spiro atoms. The highest BCUT2D eigenvalue weighted by Crippen LogP contribution is 2.38. The molecule has 2 heterocycles. The maximum Gasteiger partial charge on any atom is 0.330 e. The Balaban J connectivity index is 1.51. The first-order valence-corrected chi connectivity index (χ1v) is 13.7. The molecule has 2 saturated heterocycles. The van der Waals surface area contributed by atoms with Crippen LogP contribution in [0, 0.1) is 0 Å². The van der Waals surface area contributed by atoms with Gasteiger partial charge in [0.1, 0.15) is 48.8 Å². The largest absolute Gasteiger partial charge is 0.504 e. The number of hydrogen-bond donors (Lipinski definition) is 10. The molecule has 0 bridgehead atoms. The van der Waals surface area contributed by atoms with E-state index in [1.165, 1.54) is 49.4 Å². The molecule has 242 valence electrons. The molecule has 2 aromatic rings. The van der Waals surface area contributed by atoms with Crippen molar-refractivity contribution < 1.29 is 74.8 Å². The average molecular weight is 625 g/mol. The predicted octanol–water partition coefficient (Wildman–Crippen LogP) is -1.28. The number of phenolic OH excluding ortho intramolecular Hbond substituents is 4. The van der Waals surface area contributed by atoms with Crippen LogP contribution in [0.5, 0.6) is 23.0 Å².